The Balaban J connectivity index is 1.48. The van der Waals surface area contributed by atoms with Crippen molar-refractivity contribution in [2.24, 2.45) is 22.7 Å². The first-order valence-corrected chi connectivity index (χ1v) is 7.68. The van der Waals surface area contributed by atoms with E-state index in [0.29, 0.717) is 22.7 Å². The molecule has 0 bridgehead atoms. The van der Waals surface area contributed by atoms with Crippen molar-refractivity contribution >= 4 is 5.91 Å². The van der Waals surface area contributed by atoms with Crippen LogP contribution in [0.2, 0.25) is 0 Å². The maximum absolute atomic E-state index is 12.3. The van der Waals surface area contributed by atoms with Gasteiger partial charge in [0.1, 0.15) is 0 Å². The van der Waals surface area contributed by atoms with Crippen LogP contribution in [0.4, 0.5) is 0 Å². The molecule has 2 saturated carbocycles. The van der Waals surface area contributed by atoms with Crippen molar-refractivity contribution in [3.8, 4) is 0 Å². The highest BCUT2D eigenvalue weighted by Crippen LogP contribution is 2.57. The monoisotopic (exact) mass is 249 g/mol. The van der Waals surface area contributed by atoms with E-state index in [9.17, 15) is 4.79 Å². The van der Waals surface area contributed by atoms with Gasteiger partial charge in [-0.25, -0.2) is 0 Å². The smallest absolute Gasteiger partial charge is 0.225 e. The van der Waals surface area contributed by atoms with E-state index in [1.165, 1.54) is 25.7 Å². The zero-order valence-electron chi connectivity index (χ0n) is 12.2. The number of nitrogens with zero attached hydrogens (tertiary/aromatic N) is 1. The Bertz CT molecular complexity index is 335. The molecule has 2 nitrogen and oxygen atoms in total. The predicted molar refractivity (Wildman–Crippen MR) is 73.2 cm³/mol. The van der Waals surface area contributed by atoms with Crippen LogP contribution in [0.25, 0.3) is 0 Å². The van der Waals surface area contributed by atoms with E-state index < -0.39 is 0 Å². The van der Waals surface area contributed by atoms with E-state index in [2.05, 4.69) is 25.7 Å². The first-order chi connectivity index (χ1) is 8.40. The van der Waals surface area contributed by atoms with Crippen LogP contribution >= 0.6 is 0 Å². The molecule has 18 heavy (non-hydrogen) atoms. The summed E-state index contributed by atoms with van der Waals surface area (Å²) in [6.07, 6.45) is 7.53. The van der Waals surface area contributed by atoms with Crippen LogP contribution in [0.1, 0.15) is 59.3 Å². The normalized spacial score (nSPS) is 28.3. The zero-order valence-corrected chi connectivity index (χ0v) is 12.2. The number of likely N-dealkylation sites (tertiary alicyclic amines) is 1. The lowest BCUT2D eigenvalue weighted by atomic mass is 9.51. The standard InChI is InChI=1S/C16H27NO/c1-15(2,3)13-8-16(9-13)10-17(11-16)14(18)12-6-4-5-7-12/h12-13H,4-11H2,1-3H3. The van der Waals surface area contributed by atoms with Crippen LogP contribution in [0, 0.1) is 22.7 Å². The number of hydrogen-bond acceptors (Lipinski definition) is 1. The van der Waals surface area contributed by atoms with Crippen molar-refractivity contribution in [3.05, 3.63) is 0 Å². The minimum Gasteiger partial charge on any atom is -0.341 e. The summed E-state index contributed by atoms with van der Waals surface area (Å²) in [5, 5.41) is 0. The molecule has 3 fully saturated rings. The van der Waals surface area contributed by atoms with Crippen LogP contribution in [-0.4, -0.2) is 23.9 Å². The highest BCUT2D eigenvalue weighted by molar-refractivity contribution is 5.80. The highest BCUT2D eigenvalue weighted by Gasteiger charge is 2.56. The van der Waals surface area contributed by atoms with E-state index in [0.717, 1.165) is 31.8 Å². The SMILES string of the molecule is CC(C)(C)C1CC2(C1)CN(C(=O)C1CCCC1)C2. The second-order valence-electron chi connectivity index (χ2n) is 8.15. The molecule has 1 amide bonds. The van der Waals surface area contributed by atoms with Gasteiger partial charge in [-0.15, -0.1) is 0 Å². The Morgan fingerprint density at radius 1 is 1.11 bits per heavy atom. The Labute approximate surface area is 111 Å². The molecular formula is C16H27NO. The second kappa shape index (κ2) is 3.98. The van der Waals surface area contributed by atoms with E-state index >= 15 is 0 Å². The molecule has 0 N–H and O–H groups in total. The molecule has 2 heteroatoms. The second-order valence-corrected chi connectivity index (χ2v) is 8.15. The van der Waals surface area contributed by atoms with Gasteiger partial charge in [-0.3, -0.25) is 4.79 Å². The molecule has 102 valence electrons. The fourth-order valence-electron chi connectivity index (χ4n) is 4.21. The van der Waals surface area contributed by atoms with Crippen molar-refractivity contribution in [1.82, 2.24) is 4.90 Å². The molecule has 0 radical (unpaired) electrons. The summed E-state index contributed by atoms with van der Waals surface area (Å²) in [6, 6.07) is 0. The quantitative estimate of drug-likeness (QED) is 0.697. The Morgan fingerprint density at radius 3 is 2.17 bits per heavy atom. The van der Waals surface area contributed by atoms with E-state index in [4.69, 9.17) is 0 Å². The zero-order chi connectivity index (χ0) is 13.0. The average Bonchev–Trinajstić information content (AvgIpc) is 2.62. The number of rotatable bonds is 1. The van der Waals surface area contributed by atoms with E-state index in [1.807, 2.05) is 0 Å². The number of amides is 1. The van der Waals surface area contributed by atoms with Crippen molar-refractivity contribution in [2.75, 3.05) is 13.1 Å². The molecule has 0 atom stereocenters. The van der Waals surface area contributed by atoms with Gasteiger partial charge >= 0.3 is 0 Å². The van der Waals surface area contributed by atoms with Crippen molar-refractivity contribution in [2.45, 2.75) is 59.3 Å². The first kappa shape index (κ1) is 12.5. The van der Waals surface area contributed by atoms with Gasteiger partial charge in [0.15, 0.2) is 0 Å². The predicted octanol–water partition coefficient (Wildman–Crippen LogP) is 3.46. The van der Waals surface area contributed by atoms with E-state index in [1.54, 1.807) is 0 Å². The molecule has 1 heterocycles. The van der Waals surface area contributed by atoms with Gasteiger partial charge in [-0.1, -0.05) is 33.6 Å². The Kier molecular flexibility index (Phi) is 2.76. The Hall–Kier alpha value is -0.530. The van der Waals surface area contributed by atoms with Crippen molar-refractivity contribution in [1.29, 1.82) is 0 Å². The lowest BCUT2D eigenvalue weighted by Gasteiger charge is -2.62. The molecule has 1 aliphatic heterocycles. The summed E-state index contributed by atoms with van der Waals surface area (Å²) in [5.74, 6) is 1.72. The largest absolute Gasteiger partial charge is 0.341 e. The molecule has 1 spiro atoms. The minimum absolute atomic E-state index is 0.376. The van der Waals surface area contributed by atoms with Gasteiger partial charge in [-0.2, -0.15) is 0 Å². The summed E-state index contributed by atoms with van der Waals surface area (Å²) in [7, 11) is 0. The summed E-state index contributed by atoms with van der Waals surface area (Å²) in [6.45, 7) is 9.18. The van der Waals surface area contributed by atoms with Gasteiger partial charge in [0.25, 0.3) is 0 Å². The third kappa shape index (κ3) is 1.98. The summed E-state index contributed by atoms with van der Waals surface area (Å²) < 4.78 is 0. The molecule has 0 aromatic rings. The van der Waals surface area contributed by atoms with Crippen LogP contribution in [-0.2, 0) is 4.79 Å². The lowest BCUT2D eigenvalue weighted by molar-refractivity contribution is -0.165. The highest BCUT2D eigenvalue weighted by atomic mass is 16.2. The third-order valence-corrected chi connectivity index (χ3v) is 5.65. The Morgan fingerprint density at radius 2 is 1.67 bits per heavy atom. The summed E-state index contributed by atoms with van der Waals surface area (Å²) >= 11 is 0. The maximum Gasteiger partial charge on any atom is 0.225 e. The molecule has 0 unspecified atom stereocenters. The van der Waals surface area contributed by atoms with Crippen LogP contribution < -0.4 is 0 Å². The molecule has 3 aliphatic rings. The molecule has 3 rings (SSSR count). The van der Waals surface area contributed by atoms with Gasteiger partial charge in [-0.05, 0) is 37.0 Å². The van der Waals surface area contributed by atoms with Crippen molar-refractivity contribution in [3.63, 3.8) is 0 Å². The molecular weight excluding hydrogens is 222 g/mol. The molecule has 2 aliphatic carbocycles. The fourth-order valence-corrected chi connectivity index (χ4v) is 4.21. The van der Waals surface area contributed by atoms with Gasteiger partial charge < -0.3 is 4.90 Å². The van der Waals surface area contributed by atoms with Crippen LogP contribution in [0.5, 0.6) is 0 Å². The van der Waals surface area contributed by atoms with Crippen LogP contribution in [0.15, 0.2) is 0 Å². The fraction of sp³-hybridized carbons (Fsp3) is 0.938. The van der Waals surface area contributed by atoms with Gasteiger partial charge in [0, 0.05) is 24.4 Å². The van der Waals surface area contributed by atoms with Crippen molar-refractivity contribution < 1.29 is 4.79 Å². The average molecular weight is 249 g/mol. The lowest BCUT2D eigenvalue weighted by Crippen LogP contribution is -2.65. The third-order valence-electron chi connectivity index (χ3n) is 5.65. The topological polar surface area (TPSA) is 20.3 Å². The molecule has 1 saturated heterocycles. The number of hydrogen-bond donors (Lipinski definition) is 0. The number of carbonyl (C=O) groups excluding carboxylic acids is 1. The van der Waals surface area contributed by atoms with E-state index in [-0.39, 0.29) is 0 Å². The van der Waals surface area contributed by atoms with Gasteiger partial charge in [0.05, 0.1) is 0 Å². The molecule has 0 aromatic heterocycles. The number of carbonyl (C=O) groups is 1. The maximum atomic E-state index is 12.3. The van der Waals surface area contributed by atoms with Gasteiger partial charge in [0.2, 0.25) is 5.91 Å². The summed E-state index contributed by atoms with van der Waals surface area (Å²) in [5.41, 5.74) is 0.993. The molecule has 0 aromatic carbocycles. The summed E-state index contributed by atoms with van der Waals surface area (Å²) in [4.78, 5) is 14.4. The van der Waals surface area contributed by atoms with Crippen LogP contribution in [0.3, 0.4) is 0 Å². The minimum atomic E-state index is 0.376. The first-order valence-electron chi connectivity index (χ1n) is 7.68.